The molecular formula is C12H16ClN3S. The summed E-state index contributed by atoms with van der Waals surface area (Å²) in [7, 11) is 0. The zero-order chi connectivity index (χ0) is 12.3. The number of aromatic nitrogens is 2. The van der Waals surface area contributed by atoms with Crippen LogP contribution in [-0.4, -0.2) is 28.4 Å². The van der Waals surface area contributed by atoms with Crippen molar-refractivity contribution in [2.45, 2.75) is 26.3 Å². The number of halogens is 1. The molecule has 92 valence electrons. The maximum Gasteiger partial charge on any atom is 0.150 e. The Bertz CT molecular complexity index is 483. The van der Waals surface area contributed by atoms with Crippen molar-refractivity contribution in [1.82, 2.24) is 9.97 Å². The van der Waals surface area contributed by atoms with Crippen LogP contribution >= 0.6 is 22.9 Å². The molecule has 0 aliphatic heterocycles. The lowest BCUT2D eigenvalue weighted by atomic mass is 10.3. The Balaban J connectivity index is 2.37. The molecule has 0 amide bonds. The molecule has 0 aliphatic carbocycles. The summed E-state index contributed by atoms with van der Waals surface area (Å²) in [6.07, 6.45) is 2.61. The Hall–Kier alpha value is -0.870. The fourth-order valence-corrected chi connectivity index (χ4v) is 2.79. The van der Waals surface area contributed by atoms with E-state index < -0.39 is 0 Å². The van der Waals surface area contributed by atoms with E-state index in [4.69, 9.17) is 11.6 Å². The van der Waals surface area contributed by atoms with Gasteiger partial charge in [0.1, 0.15) is 12.1 Å². The van der Waals surface area contributed by atoms with E-state index in [1.165, 1.54) is 0 Å². The smallest absolute Gasteiger partial charge is 0.150 e. The summed E-state index contributed by atoms with van der Waals surface area (Å²) >= 11 is 7.47. The molecular weight excluding hydrogens is 254 g/mol. The molecule has 0 fully saturated rings. The Morgan fingerprint density at radius 2 is 2.24 bits per heavy atom. The molecule has 3 nitrogen and oxygen atoms in total. The summed E-state index contributed by atoms with van der Waals surface area (Å²) in [4.78, 5) is 11.0. The Morgan fingerprint density at radius 3 is 2.94 bits per heavy atom. The van der Waals surface area contributed by atoms with Crippen molar-refractivity contribution in [1.29, 1.82) is 0 Å². The molecule has 5 heteroatoms. The molecule has 0 saturated carbocycles. The van der Waals surface area contributed by atoms with Gasteiger partial charge in [-0.25, -0.2) is 9.97 Å². The van der Waals surface area contributed by atoms with Crippen LogP contribution in [0.5, 0.6) is 0 Å². The molecule has 0 atom stereocenters. The fraction of sp³-hybridized carbons (Fsp3) is 0.500. The van der Waals surface area contributed by atoms with Crippen LogP contribution in [0.15, 0.2) is 17.8 Å². The van der Waals surface area contributed by atoms with Gasteiger partial charge < -0.3 is 4.90 Å². The van der Waals surface area contributed by atoms with Crippen LogP contribution in [0.1, 0.15) is 20.3 Å². The van der Waals surface area contributed by atoms with Gasteiger partial charge in [0, 0.05) is 18.5 Å². The highest BCUT2D eigenvalue weighted by Gasteiger charge is 2.15. The van der Waals surface area contributed by atoms with Crippen LogP contribution < -0.4 is 4.90 Å². The minimum Gasteiger partial charge on any atom is -0.353 e. The number of rotatable bonds is 5. The summed E-state index contributed by atoms with van der Waals surface area (Å²) in [5, 5.41) is 2.06. The van der Waals surface area contributed by atoms with Crippen LogP contribution in [0, 0.1) is 0 Å². The summed E-state index contributed by atoms with van der Waals surface area (Å²) in [6, 6.07) is 2.45. The molecule has 2 aromatic heterocycles. The molecule has 0 N–H and O–H groups in total. The fourth-order valence-electron chi connectivity index (χ4n) is 1.82. The van der Waals surface area contributed by atoms with Gasteiger partial charge in [0.2, 0.25) is 0 Å². The van der Waals surface area contributed by atoms with Crippen molar-refractivity contribution in [3.8, 4) is 0 Å². The lowest BCUT2D eigenvalue weighted by Crippen LogP contribution is -2.32. The number of nitrogens with zero attached hydrogens (tertiary/aromatic N) is 3. The quantitative estimate of drug-likeness (QED) is 0.778. The Kier molecular flexibility index (Phi) is 4.18. The van der Waals surface area contributed by atoms with Gasteiger partial charge >= 0.3 is 0 Å². The number of anilines is 1. The highest BCUT2D eigenvalue weighted by Crippen LogP contribution is 2.29. The molecule has 0 radical (unpaired) electrons. The first-order valence-corrected chi connectivity index (χ1v) is 7.16. The average molecular weight is 270 g/mol. The lowest BCUT2D eigenvalue weighted by molar-refractivity contribution is 0.666. The van der Waals surface area contributed by atoms with E-state index in [9.17, 15) is 0 Å². The van der Waals surface area contributed by atoms with Gasteiger partial charge in [-0.2, -0.15) is 0 Å². The predicted molar refractivity (Wildman–Crippen MR) is 75.2 cm³/mol. The third-order valence-corrected chi connectivity index (χ3v) is 3.82. The molecule has 2 heterocycles. The number of hydrogen-bond acceptors (Lipinski definition) is 4. The standard InChI is InChI=1S/C12H16ClN3S/c1-9(2)16(6-3-5-13)12-11-10(4-7-17-11)14-8-15-12/h4,7-9H,3,5-6H2,1-2H3. The molecule has 0 spiro atoms. The highest BCUT2D eigenvalue weighted by atomic mass is 35.5. The maximum atomic E-state index is 5.78. The molecule has 0 bridgehead atoms. The Labute approximate surface area is 110 Å². The van der Waals surface area contributed by atoms with Crippen LogP contribution in [0.2, 0.25) is 0 Å². The van der Waals surface area contributed by atoms with Gasteiger partial charge in [0.25, 0.3) is 0 Å². The highest BCUT2D eigenvalue weighted by molar-refractivity contribution is 7.17. The molecule has 0 saturated heterocycles. The van der Waals surface area contributed by atoms with Crippen LogP contribution in [0.3, 0.4) is 0 Å². The lowest BCUT2D eigenvalue weighted by Gasteiger charge is -2.27. The molecule has 2 aromatic rings. The summed E-state index contributed by atoms with van der Waals surface area (Å²) in [6.45, 7) is 5.29. The molecule has 0 aliphatic rings. The van der Waals surface area contributed by atoms with Gasteiger partial charge in [0.15, 0.2) is 0 Å². The first-order valence-electron chi connectivity index (χ1n) is 5.75. The van der Waals surface area contributed by atoms with Crippen molar-refractivity contribution in [2.24, 2.45) is 0 Å². The minimum absolute atomic E-state index is 0.415. The maximum absolute atomic E-state index is 5.78. The van der Waals surface area contributed by atoms with Crippen LogP contribution in [0.4, 0.5) is 5.82 Å². The van der Waals surface area contributed by atoms with Gasteiger partial charge in [-0.3, -0.25) is 0 Å². The van der Waals surface area contributed by atoms with E-state index >= 15 is 0 Å². The van der Waals surface area contributed by atoms with Gasteiger partial charge in [-0.15, -0.1) is 22.9 Å². The predicted octanol–water partition coefficient (Wildman–Crippen LogP) is 3.54. The van der Waals surface area contributed by atoms with E-state index in [2.05, 4.69) is 34.1 Å². The number of thiophene rings is 1. The third kappa shape index (κ3) is 2.69. The zero-order valence-electron chi connectivity index (χ0n) is 10.1. The summed E-state index contributed by atoms with van der Waals surface area (Å²) in [5.41, 5.74) is 1.02. The zero-order valence-corrected chi connectivity index (χ0v) is 11.6. The van der Waals surface area contributed by atoms with E-state index in [1.807, 2.05) is 6.07 Å². The minimum atomic E-state index is 0.415. The summed E-state index contributed by atoms with van der Waals surface area (Å²) < 4.78 is 1.16. The second-order valence-corrected chi connectivity index (χ2v) is 5.46. The second-order valence-electron chi connectivity index (χ2n) is 4.16. The molecule has 17 heavy (non-hydrogen) atoms. The average Bonchev–Trinajstić information content (AvgIpc) is 2.77. The first kappa shape index (κ1) is 12.6. The van der Waals surface area contributed by atoms with Crippen molar-refractivity contribution >= 4 is 39.0 Å². The number of fused-ring (bicyclic) bond motifs is 1. The topological polar surface area (TPSA) is 29.0 Å². The van der Waals surface area contributed by atoms with E-state index in [-0.39, 0.29) is 0 Å². The number of alkyl halides is 1. The van der Waals surface area contributed by atoms with E-state index in [0.717, 1.165) is 29.0 Å². The van der Waals surface area contributed by atoms with Crippen molar-refractivity contribution < 1.29 is 0 Å². The monoisotopic (exact) mass is 269 g/mol. The normalized spacial score (nSPS) is 11.3. The van der Waals surface area contributed by atoms with E-state index in [0.29, 0.717) is 11.9 Å². The number of hydrogen-bond donors (Lipinski definition) is 0. The van der Waals surface area contributed by atoms with Crippen molar-refractivity contribution in [3.63, 3.8) is 0 Å². The van der Waals surface area contributed by atoms with Crippen molar-refractivity contribution in [3.05, 3.63) is 17.8 Å². The summed E-state index contributed by atoms with van der Waals surface area (Å²) in [5.74, 6) is 1.71. The van der Waals surface area contributed by atoms with Gasteiger partial charge in [0.05, 0.1) is 10.2 Å². The largest absolute Gasteiger partial charge is 0.353 e. The molecule has 0 unspecified atom stereocenters. The molecule has 2 rings (SSSR count). The van der Waals surface area contributed by atoms with Gasteiger partial charge in [-0.1, -0.05) is 0 Å². The van der Waals surface area contributed by atoms with Crippen LogP contribution in [-0.2, 0) is 0 Å². The third-order valence-electron chi connectivity index (χ3n) is 2.65. The van der Waals surface area contributed by atoms with Crippen LogP contribution in [0.25, 0.3) is 10.2 Å². The van der Waals surface area contributed by atoms with Crippen molar-refractivity contribution in [2.75, 3.05) is 17.3 Å². The van der Waals surface area contributed by atoms with E-state index in [1.54, 1.807) is 17.7 Å². The second kappa shape index (κ2) is 5.65. The first-order chi connectivity index (χ1) is 8.24. The van der Waals surface area contributed by atoms with Gasteiger partial charge in [-0.05, 0) is 31.7 Å². The molecule has 0 aromatic carbocycles. The SMILES string of the molecule is CC(C)N(CCCCl)c1ncnc2ccsc12. The Morgan fingerprint density at radius 1 is 1.41 bits per heavy atom.